The summed E-state index contributed by atoms with van der Waals surface area (Å²) in [5.41, 5.74) is 0. The molecule has 0 aliphatic heterocycles. The van der Waals surface area contributed by atoms with E-state index in [-0.39, 0.29) is 8.41 Å². The van der Waals surface area contributed by atoms with Gasteiger partial charge in [0.2, 0.25) is 0 Å². The fourth-order valence-electron chi connectivity index (χ4n) is 11.2. The van der Waals surface area contributed by atoms with E-state index in [4.69, 9.17) is 0 Å². The topological polar surface area (TPSA) is 0 Å². The van der Waals surface area contributed by atoms with E-state index >= 15 is 0 Å². The highest BCUT2D eigenvalue weighted by Crippen LogP contribution is 2.23. The van der Waals surface area contributed by atoms with Gasteiger partial charge in [-0.25, -0.2) is 0 Å². The highest BCUT2D eigenvalue weighted by atomic mass is 15.3. The second kappa shape index (κ2) is 61.1. The Bertz CT molecular complexity index is 677. The number of hydrogen-bond donors (Lipinski definition) is 0. The van der Waals surface area contributed by atoms with Crippen LogP contribution in [-0.2, 0) is 0 Å². The molecule has 0 fully saturated rings. The summed E-state index contributed by atoms with van der Waals surface area (Å²) in [5, 5.41) is 0. The summed E-state index contributed by atoms with van der Waals surface area (Å²) in [5.74, 6) is 0. The summed E-state index contributed by atoms with van der Waals surface area (Å²) in [6.45, 7) is 15.3. The van der Waals surface area contributed by atoms with E-state index in [1.54, 1.807) is 0 Å². The van der Waals surface area contributed by atoms with Crippen molar-refractivity contribution in [2.75, 3.05) is 26.2 Å². The van der Waals surface area contributed by atoms with Gasteiger partial charge in [-0.15, -0.1) is 0 Å². The number of quaternary nitrogens is 1. The first-order valence-corrected chi connectivity index (χ1v) is 32.1. The average Bonchev–Trinajstić information content (AvgIpc) is 3.32. The molecule has 0 aliphatic rings. The van der Waals surface area contributed by atoms with Gasteiger partial charge < -0.3 is 4.48 Å². The van der Waals surface area contributed by atoms with E-state index in [0.717, 1.165) is 0 Å². The SMILES string of the molecule is B.CCCCCCCCCCCCCCCC[N+](CCCCCCCCCCCCCCCC)(CCCCCCCCCCCCCCCC)CCCCCCCCCCCCCCCC. The summed E-state index contributed by atoms with van der Waals surface area (Å²) < 4.78 is 1.49. The monoisotopic (exact) mass is 929 g/mol. The van der Waals surface area contributed by atoms with Crippen LogP contribution in [0.5, 0.6) is 0 Å². The zero-order valence-electron chi connectivity index (χ0n) is 46.9. The Balaban J connectivity index is 0. The number of unbranched alkanes of at least 4 members (excludes halogenated alkanes) is 52. The molecule has 0 rings (SSSR count). The average molecular weight is 930 g/mol. The van der Waals surface area contributed by atoms with E-state index in [9.17, 15) is 0 Å². The fraction of sp³-hybridized carbons (Fsp3) is 1.00. The third-order valence-corrected chi connectivity index (χ3v) is 15.9. The number of nitrogens with zero attached hydrogens (tertiary/aromatic N) is 1. The van der Waals surface area contributed by atoms with Crippen molar-refractivity contribution < 1.29 is 4.48 Å². The van der Waals surface area contributed by atoms with Crippen molar-refractivity contribution in [2.24, 2.45) is 0 Å². The second-order valence-electron chi connectivity index (χ2n) is 22.6. The summed E-state index contributed by atoms with van der Waals surface area (Å²) in [7, 11) is 0. The molecule has 1 nitrogen and oxygen atoms in total. The van der Waals surface area contributed by atoms with E-state index in [0.29, 0.717) is 0 Å². The van der Waals surface area contributed by atoms with Crippen LogP contribution in [0.15, 0.2) is 0 Å². The molecule has 0 saturated carbocycles. The van der Waals surface area contributed by atoms with E-state index in [1.165, 1.54) is 390 Å². The van der Waals surface area contributed by atoms with Gasteiger partial charge in [-0.3, -0.25) is 0 Å². The van der Waals surface area contributed by atoms with Gasteiger partial charge >= 0.3 is 0 Å². The molecule has 0 atom stereocenters. The lowest BCUT2D eigenvalue weighted by Gasteiger charge is -2.40. The quantitative estimate of drug-likeness (QED) is 0.0324. The predicted octanol–water partition coefficient (Wildman–Crippen LogP) is 22.5. The van der Waals surface area contributed by atoms with Crippen molar-refractivity contribution >= 4 is 8.41 Å². The lowest BCUT2D eigenvalue weighted by molar-refractivity contribution is -0.929. The van der Waals surface area contributed by atoms with Crippen molar-refractivity contribution in [3.63, 3.8) is 0 Å². The largest absolute Gasteiger partial charge is 0.324 e. The molecule has 2 heteroatoms. The lowest BCUT2D eigenvalue weighted by atomic mass is 10.0. The van der Waals surface area contributed by atoms with Crippen molar-refractivity contribution in [2.45, 2.75) is 387 Å². The maximum atomic E-state index is 2.33. The summed E-state index contributed by atoms with van der Waals surface area (Å²) in [6.07, 6.45) is 82.7. The Morgan fingerprint density at radius 2 is 0.227 bits per heavy atom. The van der Waals surface area contributed by atoms with Crippen LogP contribution >= 0.6 is 0 Å². The minimum absolute atomic E-state index is 0. The van der Waals surface area contributed by atoms with Crippen LogP contribution in [0.1, 0.15) is 387 Å². The lowest BCUT2D eigenvalue weighted by Crippen LogP contribution is -2.50. The van der Waals surface area contributed by atoms with Gasteiger partial charge in [0.15, 0.2) is 0 Å². The van der Waals surface area contributed by atoms with Crippen molar-refractivity contribution in [3.05, 3.63) is 0 Å². The molecular formula is C64H135BN+. The van der Waals surface area contributed by atoms with E-state index in [1.807, 2.05) is 0 Å². The predicted molar refractivity (Wildman–Crippen MR) is 311 cm³/mol. The smallest absolute Gasteiger partial charge is 0.0814 e. The molecule has 398 valence electrons. The maximum Gasteiger partial charge on any atom is 0.0814 e. The van der Waals surface area contributed by atoms with Gasteiger partial charge in [0, 0.05) is 0 Å². The highest BCUT2D eigenvalue weighted by Gasteiger charge is 2.26. The van der Waals surface area contributed by atoms with E-state index in [2.05, 4.69) is 27.7 Å². The Kier molecular flexibility index (Phi) is 63.1. The van der Waals surface area contributed by atoms with Crippen LogP contribution < -0.4 is 0 Å². The molecule has 66 heavy (non-hydrogen) atoms. The third-order valence-electron chi connectivity index (χ3n) is 15.9. The maximum absolute atomic E-state index is 2.33. The van der Waals surface area contributed by atoms with Crippen LogP contribution in [-0.4, -0.2) is 39.1 Å². The molecule has 0 amide bonds. The summed E-state index contributed by atoms with van der Waals surface area (Å²) >= 11 is 0. The van der Waals surface area contributed by atoms with Crippen LogP contribution in [0.3, 0.4) is 0 Å². The van der Waals surface area contributed by atoms with Crippen LogP contribution in [0.2, 0.25) is 0 Å². The van der Waals surface area contributed by atoms with Crippen molar-refractivity contribution in [3.8, 4) is 0 Å². The summed E-state index contributed by atoms with van der Waals surface area (Å²) in [6, 6.07) is 0. The molecule has 0 aromatic heterocycles. The Labute approximate surface area is 424 Å². The Morgan fingerprint density at radius 1 is 0.136 bits per heavy atom. The molecule has 0 aromatic carbocycles. The highest BCUT2D eigenvalue weighted by molar-refractivity contribution is 5.75. The minimum Gasteiger partial charge on any atom is -0.324 e. The first-order chi connectivity index (χ1) is 32.2. The molecule has 0 N–H and O–H groups in total. The van der Waals surface area contributed by atoms with Gasteiger partial charge in [0.1, 0.15) is 0 Å². The first-order valence-electron chi connectivity index (χ1n) is 32.1. The van der Waals surface area contributed by atoms with E-state index < -0.39 is 0 Å². The number of hydrogen-bond acceptors (Lipinski definition) is 0. The van der Waals surface area contributed by atoms with Gasteiger partial charge in [-0.1, -0.05) is 336 Å². The Morgan fingerprint density at radius 3 is 0.333 bits per heavy atom. The van der Waals surface area contributed by atoms with Crippen LogP contribution in [0.4, 0.5) is 0 Å². The molecule has 0 radical (unpaired) electrons. The standard InChI is InChI=1S/C64H132N.BH3/c1-5-9-13-17-21-25-29-33-37-41-45-49-53-57-61-65(62-58-54-50-46-42-38-34-30-26-22-18-14-10-6-2,63-59-55-51-47-43-39-35-31-27-23-19-15-11-7-3)64-60-56-52-48-44-40-36-32-28-24-20-16-12-8-4;/h5-64H2,1-4H3;1H3/q+1;. The zero-order chi connectivity index (χ0) is 46.9. The molecule has 0 bridgehead atoms. The molecule has 0 heterocycles. The van der Waals surface area contributed by atoms with Gasteiger partial charge in [0.05, 0.1) is 34.6 Å². The second-order valence-corrected chi connectivity index (χ2v) is 22.6. The van der Waals surface area contributed by atoms with Crippen molar-refractivity contribution in [1.82, 2.24) is 0 Å². The summed E-state index contributed by atoms with van der Waals surface area (Å²) in [4.78, 5) is 0. The normalized spacial score (nSPS) is 11.8. The van der Waals surface area contributed by atoms with Gasteiger partial charge in [0.25, 0.3) is 0 Å². The minimum atomic E-state index is 0. The molecule has 0 aliphatic carbocycles. The van der Waals surface area contributed by atoms with Crippen LogP contribution in [0.25, 0.3) is 0 Å². The van der Waals surface area contributed by atoms with Crippen LogP contribution in [0, 0.1) is 0 Å². The van der Waals surface area contributed by atoms with Gasteiger partial charge in [-0.05, 0) is 51.4 Å². The molecular weight excluding hydrogens is 794 g/mol. The molecule has 0 aromatic rings. The fourth-order valence-corrected chi connectivity index (χ4v) is 11.2. The van der Waals surface area contributed by atoms with Crippen molar-refractivity contribution in [1.29, 1.82) is 0 Å². The molecule has 0 unspecified atom stereocenters. The zero-order valence-corrected chi connectivity index (χ0v) is 46.9. The molecule has 0 saturated heterocycles. The number of rotatable bonds is 60. The Hall–Kier alpha value is 0.0249. The third kappa shape index (κ3) is 55.0. The first kappa shape index (κ1) is 68.1. The molecule has 0 spiro atoms. The van der Waals surface area contributed by atoms with Gasteiger partial charge in [-0.2, -0.15) is 0 Å².